The summed E-state index contributed by atoms with van der Waals surface area (Å²) >= 11 is 0. The van der Waals surface area contributed by atoms with Crippen molar-refractivity contribution in [1.82, 2.24) is 4.90 Å². The van der Waals surface area contributed by atoms with Crippen LogP contribution in [0.5, 0.6) is 0 Å². The molecule has 0 spiro atoms. The van der Waals surface area contributed by atoms with E-state index < -0.39 is 18.0 Å². The first-order valence-electron chi connectivity index (χ1n) is 4.50. The molecule has 1 atom stereocenters. The minimum Gasteiger partial charge on any atom is -0.445 e. The maximum atomic E-state index is 11.4. The maximum Gasteiger partial charge on any atom is 0.410 e. The predicted octanol–water partition coefficient (Wildman–Crippen LogP) is 0.259. The lowest BCUT2D eigenvalue weighted by atomic mass is 10.2. The first kappa shape index (κ1) is 10.6. The Morgan fingerprint density at radius 1 is 1.64 bits per heavy atom. The molecule has 0 saturated carbocycles. The minimum absolute atomic E-state index is 0.154. The molecule has 14 heavy (non-hydrogen) atoms. The Balaban J connectivity index is 2.53. The molecular formula is C9H14N2O3. The number of carbonyl (C=O) groups is 2. The van der Waals surface area contributed by atoms with E-state index in [2.05, 4.69) is 6.58 Å². The van der Waals surface area contributed by atoms with Crippen LogP contribution in [0.4, 0.5) is 4.79 Å². The first-order valence-corrected chi connectivity index (χ1v) is 4.50. The zero-order valence-corrected chi connectivity index (χ0v) is 7.94. The monoisotopic (exact) mass is 198 g/mol. The van der Waals surface area contributed by atoms with Crippen LogP contribution in [0.2, 0.25) is 0 Å². The smallest absolute Gasteiger partial charge is 0.410 e. The van der Waals surface area contributed by atoms with Crippen molar-refractivity contribution in [2.45, 2.75) is 18.9 Å². The van der Waals surface area contributed by atoms with E-state index in [9.17, 15) is 9.59 Å². The van der Waals surface area contributed by atoms with Crippen LogP contribution in [0, 0.1) is 0 Å². The molecule has 1 aliphatic heterocycles. The van der Waals surface area contributed by atoms with Gasteiger partial charge in [0.25, 0.3) is 0 Å². The standard InChI is InChI=1S/C9H14N2O3/c1-2-6-14-9(13)11-5-3-4-7(11)8(10)12/h2,7H,1,3-6H2,(H2,10,12)/t7-/m0/s1. The summed E-state index contributed by atoms with van der Waals surface area (Å²) < 4.78 is 4.82. The van der Waals surface area contributed by atoms with Gasteiger partial charge in [0, 0.05) is 6.54 Å². The first-order chi connectivity index (χ1) is 6.66. The van der Waals surface area contributed by atoms with Crippen LogP contribution < -0.4 is 5.73 Å². The summed E-state index contributed by atoms with van der Waals surface area (Å²) in [7, 11) is 0. The van der Waals surface area contributed by atoms with Crippen molar-refractivity contribution in [1.29, 1.82) is 0 Å². The van der Waals surface area contributed by atoms with Crippen LogP contribution in [0.1, 0.15) is 12.8 Å². The highest BCUT2D eigenvalue weighted by molar-refractivity contribution is 5.84. The third-order valence-corrected chi connectivity index (χ3v) is 2.14. The number of likely N-dealkylation sites (tertiary alicyclic amines) is 1. The molecule has 1 aliphatic rings. The molecule has 5 heteroatoms. The number of ether oxygens (including phenoxy) is 1. The highest BCUT2D eigenvalue weighted by atomic mass is 16.6. The number of rotatable bonds is 3. The van der Waals surface area contributed by atoms with Crippen LogP contribution in [0.3, 0.4) is 0 Å². The number of nitrogens with two attached hydrogens (primary N) is 1. The molecule has 0 aromatic carbocycles. The van der Waals surface area contributed by atoms with Gasteiger partial charge in [-0.1, -0.05) is 12.7 Å². The van der Waals surface area contributed by atoms with Gasteiger partial charge in [-0.2, -0.15) is 0 Å². The van der Waals surface area contributed by atoms with Crippen molar-refractivity contribution in [3.05, 3.63) is 12.7 Å². The highest BCUT2D eigenvalue weighted by Crippen LogP contribution is 2.17. The Bertz CT molecular complexity index is 252. The molecule has 0 aromatic heterocycles. The number of carbonyl (C=O) groups excluding carboxylic acids is 2. The van der Waals surface area contributed by atoms with Gasteiger partial charge in [0.1, 0.15) is 12.6 Å². The van der Waals surface area contributed by atoms with Gasteiger partial charge in [-0.25, -0.2) is 4.79 Å². The fourth-order valence-corrected chi connectivity index (χ4v) is 1.49. The number of primary amides is 1. The molecule has 1 fully saturated rings. The minimum atomic E-state index is -0.507. The number of nitrogens with zero attached hydrogens (tertiary/aromatic N) is 1. The second-order valence-electron chi connectivity index (χ2n) is 3.12. The average Bonchev–Trinajstić information content (AvgIpc) is 2.62. The Morgan fingerprint density at radius 3 is 2.93 bits per heavy atom. The van der Waals surface area contributed by atoms with E-state index >= 15 is 0 Å². The predicted molar refractivity (Wildman–Crippen MR) is 50.5 cm³/mol. The molecular weight excluding hydrogens is 184 g/mol. The SMILES string of the molecule is C=CCOC(=O)N1CCC[C@H]1C(N)=O. The zero-order valence-electron chi connectivity index (χ0n) is 7.94. The zero-order chi connectivity index (χ0) is 10.6. The lowest BCUT2D eigenvalue weighted by Crippen LogP contribution is -2.43. The second-order valence-corrected chi connectivity index (χ2v) is 3.12. The van der Waals surface area contributed by atoms with Crippen molar-refractivity contribution in [3.63, 3.8) is 0 Å². The molecule has 2 amide bonds. The third kappa shape index (κ3) is 2.25. The molecule has 0 radical (unpaired) electrons. The Kier molecular flexibility index (Phi) is 3.50. The van der Waals surface area contributed by atoms with Gasteiger partial charge in [-0.3, -0.25) is 9.69 Å². The topological polar surface area (TPSA) is 72.6 Å². The van der Waals surface area contributed by atoms with Crippen LogP contribution in [0.15, 0.2) is 12.7 Å². The van der Waals surface area contributed by atoms with Crippen LogP contribution in [-0.2, 0) is 9.53 Å². The van der Waals surface area contributed by atoms with Crippen LogP contribution in [-0.4, -0.2) is 36.1 Å². The van der Waals surface area contributed by atoms with E-state index in [1.807, 2.05) is 0 Å². The summed E-state index contributed by atoms with van der Waals surface area (Å²) in [6.07, 6.45) is 2.40. The Morgan fingerprint density at radius 2 is 2.36 bits per heavy atom. The van der Waals surface area contributed by atoms with E-state index in [4.69, 9.17) is 10.5 Å². The van der Waals surface area contributed by atoms with Crippen LogP contribution >= 0.6 is 0 Å². The molecule has 0 bridgehead atoms. The van der Waals surface area contributed by atoms with Crippen molar-refractivity contribution in [3.8, 4) is 0 Å². The highest BCUT2D eigenvalue weighted by Gasteiger charge is 2.33. The number of amides is 2. The third-order valence-electron chi connectivity index (χ3n) is 2.14. The van der Waals surface area contributed by atoms with E-state index in [-0.39, 0.29) is 6.61 Å². The summed E-state index contributed by atoms with van der Waals surface area (Å²) in [4.78, 5) is 23.7. The Hall–Kier alpha value is -1.52. The fourth-order valence-electron chi connectivity index (χ4n) is 1.49. The van der Waals surface area contributed by atoms with Crippen molar-refractivity contribution >= 4 is 12.0 Å². The van der Waals surface area contributed by atoms with E-state index in [1.165, 1.54) is 11.0 Å². The van der Waals surface area contributed by atoms with Crippen molar-refractivity contribution in [2.75, 3.05) is 13.2 Å². The van der Waals surface area contributed by atoms with Gasteiger partial charge in [0.2, 0.25) is 5.91 Å². The summed E-state index contributed by atoms with van der Waals surface area (Å²) in [5.74, 6) is -0.474. The molecule has 0 unspecified atom stereocenters. The van der Waals surface area contributed by atoms with Gasteiger partial charge in [-0.05, 0) is 12.8 Å². The molecule has 0 aromatic rings. The summed E-state index contributed by atoms with van der Waals surface area (Å²) in [6.45, 7) is 4.11. The normalized spacial score (nSPS) is 20.6. The maximum absolute atomic E-state index is 11.4. The molecule has 78 valence electrons. The summed E-state index contributed by atoms with van der Waals surface area (Å²) in [5, 5.41) is 0. The van der Waals surface area contributed by atoms with Gasteiger partial charge < -0.3 is 10.5 Å². The fraction of sp³-hybridized carbons (Fsp3) is 0.556. The van der Waals surface area contributed by atoms with Gasteiger partial charge in [0.05, 0.1) is 0 Å². The molecule has 0 aliphatic carbocycles. The van der Waals surface area contributed by atoms with E-state index in [1.54, 1.807) is 0 Å². The largest absolute Gasteiger partial charge is 0.445 e. The van der Waals surface area contributed by atoms with Crippen LogP contribution in [0.25, 0.3) is 0 Å². The molecule has 2 N–H and O–H groups in total. The summed E-state index contributed by atoms with van der Waals surface area (Å²) in [5.41, 5.74) is 5.15. The molecule has 1 rings (SSSR count). The average molecular weight is 198 g/mol. The number of hydrogen-bond acceptors (Lipinski definition) is 3. The van der Waals surface area contributed by atoms with E-state index in [0.717, 1.165) is 6.42 Å². The van der Waals surface area contributed by atoms with Gasteiger partial charge in [0.15, 0.2) is 0 Å². The Labute approximate surface area is 82.5 Å². The number of hydrogen-bond donors (Lipinski definition) is 1. The second kappa shape index (κ2) is 4.64. The molecule has 1 heterocycles. The lowest BCUT2D eigenvalue weighted by Gasteiger charge is -2.20. The van der Waals surface area contributed by atoms with Gasteiger partial charge in [-0.15, -0.1) is 0 Å². The summed E-state index contributed by atoms with van der Waals surface area (Å²) in [6, 6.07) is -0.507. The van der Waals surface area contributed by atoms with E-state index in [0.29, 0.717) is 13.0 Å². The van der Waals surface area contributed by atoms with Crippen molar-refractivity contribution in [2.24, 2.45) is 5.73 Å². The molecule has 1 saturated heterocycles. The van der Waals surface area contributed by atoms with Gasteiger partial charge >= 0.3 is 6.09 Å². The molecule has 5 nitrogen and oxygen atoms in total. The van der Waals surface area contributed by atoms with Crippen molar-refractivity contribution < 1.29 is 14.3 Å². The lowest BCUT2D eigenvalue weighted by molar-refractivity contribution is -0.121. The quantitative estimate of drug-likeness (QED) is 0.661.